The maximum absolute atomic E-state index is 13.4. The molecule has 0 aliphatic carbocycles. The quantitative estimate of drug-likeness (QED) is 0.872. The zero-order valence-corrected chi connectivity index (χ0v) is 13.3. The van der Waals surface area contributed by atoms with Crippen molar-refractivity contribution < 1.29 is 12.8 Å². The minimum Gasteiger partial charge on any atom is -0.207 e. The number of sulfonamides is 1. The largest absolute Gasteiger partial charge is 0.250 e. The second kappa shape index (κ2) is 5.88. The number of hydrogen-bond acceptors (Lipinski definition) is 3. The zero-order valence-electron chi connectivity index (χ0n) is 9.36. The average molecular weight is 385 g/mol. The number of halogens is 3. The Morgan fingerprint density at radius 2 is 2.05 bits per heavy atom. The van der Waals surface area contributed by atoms with Crippen molar-refractivity contribution >= 4 is 48.9 Å². The van der Waals surface area contributed by atoms with Crippen LogP contribution in [0.25, 0.3) is 0 Å². The Balaban J connectivity index is 2.17. The maximum atomic E-state index is 13.4. The lowest BCUT2D eigenvalue weighted by molar-refractivity contribution is 0.576. The van der Waals surface area contributed by atoms with E-state index in [9.17, 15) is 12.8 Å². The summed E-state index contributed by atoms with van der Waals surface area (Å²) >= 11 is 9.94. The lowest BCUT2D eigenvalue weighted by Gasteiger charge is -2.05. The van der Waals surface area contributed by atoms with E-state index in [4.69, 9.17) is 11.6 Å². The molecular weight excluding hydrogens is 377 g/mol. The number of thiophene rings is 1. The third kappa shape index (κ3) is 3.55. The molecule has 19 heavy (non-hydrogen) atoms. The van der Waals surface area contributed by atoms with Crippen LogP contribution in [0.5, 0.6) is 0 Å². The molecule has 1 aromatic carbocycles. The molecule has 0 atom stereocenters. The Morgan fingerprint density at radius 3 is 2.63 bits per heavy atom. The maximum Gasteiger partial charge on any atom is 0.250 e. The Labute approximate surface area is 127 Å². The summed E-state index contributed by atoms with van der Waals surface area (Å²) in [5, 5.41) is 0.330. The fraction of sp³-hybridized carbons (Fsp3) is 0.0909. The van der Waals surface area contributed by atoms with Gasteiger partial charge in [-0.3, -0.25) is 0 Å². The number of nitrogens with one attached hydrogen (secondary N) is 1. The van der Waals surface area contributed by atoms with Gasteiger partial charge in [-0.2, -0.15) is 0 Å². The summed E-state index contributed by atoms with van der Waals surface area (Å²) in [7, 11) is -3.69. The molecule has 0 aliphatic heterocycles. The van der Waals surface area contributed by atoms with Crippen molar-refractivity contribution in [2.75, 3.05) is 0 Å². The number of benzene rings is 1. The van der Waals surface area contributed by atoms with Crippen LogP contribution in [0.2, 0.25) is 5.02 Å². The van der Waals surface area contributed by atoms with Crippen molar-refractivity contribution in [2.45, 2.75) is 10.8 Å². The van der Waals surface area contributed by atoms with Gasteiger partial charge in [0.2, 0.25) is 10.0 Å². The Kier molecular flexibility index (Phi) is 4.62. The van der Waals surface area contributed by atoms with Crippen LogP contribution in [-0.2, 0) is 16.6 Å². The van der Waals surface area contributed by atoms with E-state index in [1.807, 2.05) is 0 Å². The first-order valence-electron chi connectivity index (χ1n) is 5.08. The third-order valence-electron chi connectivity index (χ3n) is 2.30. The lowest BCUT2D eigenvalue weighted by atomic mass is 10.2. The third-order valence-corrected chi connectivity index (χ3v) is 6.65. The second-order valence-electron chi connectivity index (χ2n) is 3.60. The molecule has 1 heterocycles. The van der Waals surface area contributed by atoms with Gasteiger partial charge in [0.15, 0.2) is 0 Å². The normalized spacial score (nSPS) is 11.7. The van der Waals surface area contributed by atoms with Gasteiger partial charge >= 0.3 is 0 Å². The molecule has 0 aliphatic rings. The molecule has 1 N–H and O–H groups in total. The van der Waals surface area contributed by atoms with E-state index < -0.39 is 15.8 Å². The van der Waals surface area contributed by atoms with Crippen molar-refractivity contribution in [2.24, 2.45) is 0 Å². The van der Waals surface area contributed by atoms with Crippen molar-refractivity contribution in [1.82, 2.24) is 4.72 Å². The summed E-state index contributed by atoms with van der Waals surface area (Å²) in [6, 6.07) is 7.34. The molecule has 0 unspecified atom stereocenters. The molecule has 2 aromatic rings. The van der Waals surface area contributed by atoms with E-state index in [-0.39, 0.29) is 16.3 Å². The summed E-state index contributed by atoms with van der Waals surface area (Å²) in [5.74, 6) is -0.449. The molecule has 0 amide bonds. The van der Waals surface area contributed by atoms with Crippen molar-refractivity contribution in [3.63, 3.8) is 0 Å². The van der Waals surface area contributed by atoms with Gasteiger partial charge in [-0.05, 0) is 28.1 Å². The summed E-state index contributed by atoms with van der Waals surface area (Å²) < 4.78 is 40.3. The Hall–Kier alpha value is -0.470. The van der Waals surface area contributed by atoms with Crippen LogP contribution in [-0.4, -0.2) is 8.42 Å². The zero-order chi connectivity index (χ0) is 14.0. The molecule has 0 fully saturated rings. The highest BCUT2D eigenvalue weighted by atomic mass is 79.9. The molecule has 0 radical (unpaired) electrons. The fourth-order valence-electron chi connectivity index (χ4n) is 1.34. The van der Waals surface area contributed by atoms with Gasteiger partial charge in [0.05, 0.1) is 8.81 Å². The summed E-state index contributed by atoms with van der Waals surface area (Å²) in [6.45, 7) is -0.109. The van der Waals surface area contributed by atoms with Gasteiger partial charge in [-0.25, -0.2) is 17.5 Å². The first kappa shape index (κ1) is 14.9. The van der Waals surface area contributed by atoms with Crippen LogP contribution < -0.4 is 4.72 Å². The van der Waals surface area contributed by atoms with Gasteiger partial charge in [-0.1, -0.05) is 29.8 Å². The summed E-state index contributed by atoms with van der Waals surface area (Å²) in [6.07, 6.45) is 0. The van der Waals surface area contributed by atoms with E-state index in [0.29, 0.717) is 8.81 Å². The van der Waals surface area contributed by atoms with Crippen molar-refractivity contribution in [3.8, 4) is 0 Å². The molecule has 1 aromatic heterocycles. The van der Waals surface area contributed by atoms with Gasteiger partial charge in [-0.15, -0.1) is 11.3 Å². The van der Waals surface area contributed by atoms with Crippen LogP contribution in [0.15, 0.2) is 38.3 Å². The Bertz CT molecular complexity index is 683. The molecule has 0 saturated carbocycles. The molecular formula is C11H8BrClFNO2S2. The molecule has 3 nitrogen and oxygen atoms in total. The van der Waals surface area contributed by atoms with Crippen molar-refractivity contribution in [3.05, 3.63) is 50.5 Å². The van der Waals surface area contributed by atoms with Gasteiger partial charge in [0, 0.05) is 12.1 Å². The van der Waals surface area contributed by atoms with Gasteiger partial charge < -0.3 is 0 Å². The van der Waals surface area contributed by atoms with Crippen LogP contribution in [0.4, 0.5) is 4.39 Å². The first-order chi connectivity index (χ1) is 8.90. The highest BCUT2D eigenvalue weighted by Gasteiger charge is 2.19. The Morgan fingerprint density at radius 1 is 1.37 bits per heavy atom. The SMILES string of the molecule is O=S(=O)(NCc1ccccc1F)c1cc(Cl)c(Br)s1. The average Bonchev–Trinajstić information content (AvgIpc) is 2.70. The predicted octanol–water partition coefficient (Wildman–Crippen LogP) is 3.78. The minimum absolute atomic E-state index is 0.0840. The van der Waals surface area contributed by atoms with E-state index in [2.05, 4.69) is 20.7 Å². The highest BCUT2D eigenvalue weighted by molar-refractivity contribution is 9.11. The topological polar surface area (TPSA) is 46.2 Å². The van der Waals surface area contributed by atoms with Crippen LogP contribution in [0.3, 0.4) is 0 Å². The number of hydrogen-bond donors (Lipinski definition) is 1. The van der Waals surface area contributed by atoms with E-state index in [1.165, 1.54) is 18.2 Å². The first-order valence-corrected chi connectivity index (χ1v) is 8.55. The molecule has 0 spiro atoms. The fourth-order valence-corrected chi connectivity index (χ4v) is 4.79. The van der Waals surface area contributed by atoms with E-state index >= 15 is 0 Å². The summed E-state index contributed by atoms with van der Waals surface area (Å²) in [5.41, 5.74) is 0.285. The number of rotatable bonds is 4. The summed E-state index contributed by atoms with van der Waals surface area (Å²) in [4.78, 5) is 0. The second-order valence-corrected chi connectivity index (χ2v) is 8.37. The highest BCUT2D eigenvalue weighted by Crippen LogP contribution is 2.34. The smallest absolute Gasteiger partial charge is 0.207 e. The van der Waals surface area contributed by atoms with Gasteiger partial charge in [0.1, 0.15) is 10.0 Å². The molecule has 2 rings (SSSR count). The van der Waals surface area contributed by atoms with Crippen molar-refractivity contribution in [1.29, 1.82) is 0 Å². The van der Waals surface area contributed by atoms with E-state index in [1.54, 1.807) is 12.1 Å². The van der Waals surface area contributed by atoms with E-state index in [0.717, 1.165) is 11.3 Å². The molecule has 8 heteroatoms. The van der Waals surface area contributed by atoms with Crippen LogP contribution in [0, 0.1) is 5.82 Å². The minimum atomic E-state index is -3.69. The van der Waals surface area contributed by atoms with Crippen LogP contribution >= 0.6 is 38.9 Å². The predicted molar refractivity (Wildman–Crippen MR) is 77.5 cm³/mol. The molecule has 0 saturated heterocycles. The lowest BCUT2D eigenvalue weighted by Crippen LogP contribution is -2.22. The monoisotopic (exact) mass is 383 g/mol. The van der Waals surface area contributed by atoms with Gasteiger partial charge in [0.25, 0.3) is 0 Å². The standard InChI is InChI=1S/C11H8BrClFNO2S2/c12-11-8(13)5-10(18-11)19(16,17)15-6-7-3-1-2-4-9(7)14/h1-5,15H,6H2. The van der Waals surface area contributed by atoms with Crippen LogP contribution in [0.1, 0.15) is 5.56 Å². The molecule has 102 valence electrons. The molecule has 0 bridgehead atoms.